The van der Waals surface area contributed by atoms with Crippen molar-refractivity contribution in [3.05, 3.63) is 144 Å². The zero-order valence-corrected chi connectivity index (χ0v) is 32.0. The molecule has 48 heavy (non-hydrogen) atoms. The number of fused-ring (bicyclic) bond motifs is 3. The average molecular weight is 824 g/mol. The van der Waals surface area contributed by atoms with Crippen LogP contribution in [0.4, 0.5) is 0 Å². The number of hydrogen-bond acceptors (Lipinski definition) is 4. The molecule has 4 heterocycles. The van der Waals surface area contributed by atoms with Crippen molar-refractivity contribution in [3.8, 4) is 22.5 Å². The van der Waals surface area contributed by atoms with Crippen molar-refractivity contribution >= 4 is 35.3 Å². The second-order valence-corrected chi connectivity index (χ2v) is 19.1. The smallest absolute Gasteiger partial charge is 0.216 e. The molecule has 0 fully saturated rings. The molecule has 1 atom stereocenters. The summed E-state index contributed by atoms with van der Waals surface area (Å²) in [5.74, 6) is 0.190. The van der Waals surface area contributed by atoms with Gasteiger partial charge < -0.3 is 14.4 Å². The molecule has 7 rings (SSSR count). The number of pyridine rings is 3. The molecule has 245 valence electrons. The first-order valence-corrected chi connectivity index (χ1v) is 19.7. The van der Waals surface area contributed by atoms with Crippen LogP contribution in [-0.2, 0) is 25.5 Å². The monoisotopic (exact) mass is 824 g/mol. The Morgan fingerprint density at radius 3 is 2.19 bits per heavy atom. The molecule has 0 bridgehead atoms. The van der Waals surface area contributed by atoms with Gasteiger partial charge in [-0.25, -0.2) is 4.98 Å². The molecule has 1 radical (unpaired) electrons. The van der Waals surface area contributed by atoms with Crippen LogP contribution in [0.1, 0.15) is 50.4 Å². The topological polar surface area (TPSA) is 51.8 Å². The summed E-state index contributed by atoms with van der Waals surface area (Å²) in [5, 5.41) is 3.45. The first-order chi connectivity index (χ1) is 22.5. The van der Waals surface area contributed by atoms with Crippen molar-refractivity contribution in [3.63, 3.8) is 0 Å². The third-order valence-corrected chi connectivity index (χ3v) is 10.6. The fraction of sp³-hybridized carbons (Fsp3) is 0.214. The van der Waals surface area contributed by atoms with Gasteiger partial charge in [-0.05, 0) is 51.3 Å². The average Bonchev–Trinajstić information content (AvgIpc) is 3.46. The van der Waals surface area contributed by atoms with E-state index >= 15 is 0 Å². The van der Waals surface area contributed by atoms with Crippen LogP contribution >= 0.6 is 0 Å². The van der Waals surface area contributed by atoms with Crippen LogP contribution in [0.5, 0.6) is 0 Å². The van der Waals surface area contributed by atoms with Crippen LogP contribution in [0.25, 0.3) is 44.6 Å². The number of hydrogen-bond donors (Lipinski definition) is 0. The van der Waals surface area contributed by atoms with Gasteiger partial charge in [0.2, 0.25) is 5.71 Å². The first kappa shape index (κ1) is 35.1. The van der Waals surface area contributed by atoms with E-state index in [2.05, 4.69) is 130 Å². The summed E-state index contributed by atoms with van der Waals surface area (Å²) in [4.78, 5) is 14.0. The fourth-order valence-corrected chi connectivity index (χ4v) is 6.60. The minimum atomic E-state index is -1.23. The van der Waals surface area contributed by atoms with Crippen molar-refractivity contribution in [1.29, 1.82) is 0 Å². The fourth-order valence-electron chi connectivity index (χ4n) is 5.56. The Kier molecular flexibility index (Phi) is 10.6. The molecule has 0 saturated carbocycles. The minimum absolute atomic E-state index is 0. The van der Waals surface area contributed by atoms with E-state index in [0.29, 0.717) is 5.71 Å². The molecular weight excluding hydrogens is 783 g/mol. The Labute approximate surface area is 299 Å². The number of nitrogens with zero attached hydrogens (tertiary/aromatic N) is 3. The standard InChI is InChI=1S/C28H25N2O.C14H16NSi.Ir/c1-18(19-9-6-5-7-10-19)24-14-13-22-21-11-8-12-23(26(21)31-27(22)30-24)25-17-20(15-16-29-25)28(2,3)4;1-16(2,3)13-9-10-14(15-11-13)12-7-5-4-6-8-12;/h5-11,13-18H,1-4H3;4-7,9-11H,1-3H3;/q2*-1;. The molecule has 0 aliphatic rings. The van der Waals surface area contributed by atoms with Crippen LogP contribution < -0.4 is 5.19 Å². The molecule has 0 aliphatic carbocycles. The van der Waals surface area contributed by atoms with E-state index in [-0.39, 0.29) is 31.4 Å². The Morgan fingerprint density at radius 2 is 1.52 bits per heavy atom. The second-order valence-electron chi connectivity index (χ2n) is 14.1. The largest absolute Gasteiger partial charge is 0.486 e. The maximum Gasteiger partial charge on any atom is 0.216 e. The molecule has 3 aromatic carbocycles. The maximum absolute atomic E-state index is 6.31. The van der Waals surface area contributed by atoms with Gasteiger partial charge in [-0.2, -0.15) is 0 Å². The SMILES string of the molecule is CC(c1ccccc1)c1ccc2c(n1)oc1c(-c3cc(C(C)(C)C)ccn3)[c-]ccc12.C[Si](C)(C)c1ccc(-c2[c-]cccc2)nc1.[Ir]. The Balaban J connectivity index is 0.000000224. The van der Waals surface area contributed by atoms with Crippen molar-refractivity contribution in [2.75, 3.05) is 0 Å². The van der Waals surface area contributed by atoms with Crippen molar-refractivity contribution in [1.82, 2.24) is 15.0 Å². The molecule has 0 aliphatic heterocycles. The predicted octanol–water partition coefficient (Wildman–Crippen LogP) is 10.4. The van der Waals surface area contributed by atoms with E-state index < -0.39 is 8.07 Å². The molecule has 4 aromatic heterocycles. The number of benzene rings is 3. The van der Waals surface area contributed by atoms with Gasteiger partial charge in [0, 0.05) is 43.8 Å². The summed E-state index contributed by atoms with van der Waals surface area (Å²) >= 11 is 0. The molecule has 6 heteroatoms. The van der Waals surface area contributed by atoms with Gasteiger partial charge in [0.05, 0.1) is 19.4 Å². The number of aromatic nitrogens is 3. The molecule has 1 unspecified atom stereocenters. The summed E-state index contributed by atoms with van der Waals surface area (Å²) in [7, 11) is -1.23. The summed E-state index contributed by atoms with van der Waals surface area (Å²) in [6.07, 6.45) is 3.88. The minimum Gasteiger partial charge on any atom is -0.486 e. The summed E-state index contributed by atoms with van der Waals surface area (Å²) < 4.78 is 6.31. The van der Waals surface area contributed by atoms with Crippen molar-refractivity contribution < 1.29 is 24.5 Å². The third-order valence-electron chi connectivity index (χ3n) is 8.56. The quantitative estimate of drug-likeness (QED) is 0.128. The molecule has 0 saturated heterocycles. The molecule has 0 spiro atoms. The van der Waals surface area contributed by atoms with Gasteiger partial charge in [0.15, 0.2) is 0 Å². The molecule has 7 aromatic rings. The second kappa shape index (κ2) is 14.5. The van der Waals surface area contributed by atoms with Crippen molar-refractivity contribution in [2.45, 2.75) is 58.7 Å². The Bertz CT molecular complexity index is 2110. The first-order valence-electron chi connectivity index (χ1n) is 16.2. The molecular formula is C42H41IrN3OSi-2. The van der Waals surface area contributed by atoms with E-state index in [9.17, 15) is 0 Å². The van der Waals surface area contributed by atoms with Gasteiger partial charge in [0.25, 0.3) is 0 Å². The Hall–Kier alpha value is -4.22. The van der Waals surface area contributed by atoms with Crippen LogP contribution in [0.3, 0.4) is 0 Å². The summed E-state index contributed by atoms with van der Waals surface area (Å²) in [5.41, 5.74) is 8.76. The zero-order valence-electron chi connectivity index (χ0n) is 28.6. The molecule has 0 N–H and O–H groups in total. The predicted molar refractivity (Wildman–Crippen MR) is 198 cm³/mol. The van der Waals surface area contributed by atoms with E-state index in [0.717, 1.165) is 44.6 Å². The van der Waals surface area contributed by atoms with Gasteiger partial charge >= 0.3 is 0 Å². The Morgan fingerprint density at radius 1 is 0.750 bits per heavy atom. The zero-order chi connectivity index (χ0) is 33.2. The summed E-state index contributed by atoms with van der Waals surface area (Å²) in [6.45, 7) is 15.8. The van der Waals surface area contributed by atoms with Gasteiger partial charge in [0.1, 0.15) is 0 Å². The maximum atomic E-state index is 6.31. The number of rotatable bonds is 5. The molecule has 4 nitrogen and oxygen atoms in total. The van der Waals surface area contributed by atoms with E-state index in [1.807, 2.05) is 54.9 Å². The van der Waals surface area contributed by atoms with Crippen LogP contribution in [0.15, 0.2) is 120 Å². The molecule has 0 amide bonds. The van der Waals surface area contributed by atoms with E-state index in [1.54, 1.807) is 0 Å². The van der Waals surface area contributed by atoms with Crippen LogP contribution in [0, 0.1) is 12.1 Å². The van der Waals surface area contributed by atoms with E-state index in [4.69, 9.17) is 9.40 Å². The van der Waals surface area contributed by atoms with Crippen LogP contribution in [0.2, 0.25) is 19.6 Å². The van der Waals surface area contributed by atoms with Gasteiger partial charge in [-0.3, -0.25) is 0 Å². The van der Waals surface area contributed by atoms with Gasteiger partial charge in [-0.1, -0.05) is 107 Å². The number of furan rings is 1. The van der Waals surface area contributed by atoms with Crippen LogP contribution in [-0.4, -0.2) is 23.0 Å². The summed E-state index contributed by atoms with van der Waals surface area (Å²) in [6, 6.07) is 41.6. The van der Waals surface area contributed by atoms with Gasteiger partial charge in [-0.15, -0.1) is 54.1 Å². The van der Waals surface area contributed by atoms with Crippen molar-refractivity contribution in [2.24, 2.45) is 0 Å². The normalized spacial score (nSPS) is 12.2. The van der Waals surface area contributed by atoms with E-state index in [1.165, 1.54) is 16.3 Å². The third kappa shape index (κ3) is 7.73.